The Kier molecular flexibility index (Phi) is 6.56. The number of alkyl halides is 4. The van der Waals surface area contributed by atoms with E-state index in [2.05, 4.69) is 36.0 Å². The zero-order chi connectivity index (χ0) is 25.3. The minimum Gasteiger partial charge on any atom is -0.465 e. The van der Waals surface area contributed by atoms with E-state index in [0.717, 1.165) is 6.20 Å². The summed E-state index contributed by atoms with van der Waals surface area (Å²) in [7, 11) is 0. The fourth-order valence-electron chi connectivity index (χ4n) is 3.47. The quantitative estimate of drug-likeness (QED) is 0.266. The van der Waals surface area contributed by atoms with E-state index in [4.69, 9.17) is 5.73 Å². The lowest BCUT2D eigenvalue weighted by atomic mass is 10.2. The second-order valence-electron chi connectivity index (χ2n) is 7.30. The summed E-state index contributed by atoms with van der Waals surface area (Å²) in [6.45, 7) is 0.0407. The van der Waals surface area contributed by atoms with Gasteiger partial charge in [0.2, 0.25) is 0 Å². The summed E-state index contributed by atoms with van der Waals surface area (Å²) in [5.74, 6) is -0.990. The Bertz CT molecular complexity index is 1400. The molecule has 0 spiro atoms. The van der Waals surface area contributed by atoms with Crippen molar-refractivity contribution < 1.29 is 27.5 Å². The molecule has 14 heteroatoms. The van der Waals surface area contributed by atoms with Gasteiger partial charge in [-0.05, 0) is 18.2 Å². The van der Waals surface area contributed by atoms with Crippen LogP contribution in [-0.2, 0) is 6.54 Å². The zero-order valence-electron chi connectivity index (χ0n) is 17.6. The topological polar surface area (TPSA) is 123 Å². The van der Waals surface area contributed by atoms with Crippen molar-refractivity contribution in [1.29, 1.82) is 0 Å². The number of rotatable bonds is 6. The third-order valence-electron chi connectivity index (χ3n) is 5.10. The van der Waals surface area contributed by atoms with E-state index in [9.17, 15) is 27.5 Å². The first-order valence-electron chi connectivity index (χ1n) is 9.94. The number of anilines is 2. The molecule has 0 saturated heterocycles. The van der Waals surface area contributed by atoms with E-state index in [-0.39, 0.29) is 23.0 Å². The normalized spacial score (nSPS) is 12.6. The van der Waals surface area contributed by atoms with Crippen molar-refractivity contribution in [3.8, 4) is 11.5 Å². The first kappa shape index (κ1) is 24.3. The highest BCUT2D eigenvalue weighted by molar-refractivity contribution is 9.09. The number of nitrogen functional groups attached to an aromatic ring is 1. The number of aromatic nitrogens is 5. The Morgan fingerprint density at radius 2 is 1.94 bits per heavy atom. The first-order chi connectivity index (χ1) is 16.6. The molecule has 4 aromatic rings. The molecule has 1 aromatic carbocycles. The van der Waals surface area contributed by atoms with E-state index in [1.54, 1.807) is 30.3 Å². The van der Waals surface area contributed by atoms with Gasteiger partial charge < -0.3 is 10.8 Å². The summed E-state index contributed by atoms with van der Waals surface area (Å²) >= 11 is 2.70. The summed E-state index contributed by atoms with van der Waals surface area (Å²) < 4.78 is 55.9. The van der Waals surface area contributed by atoms with Crippen molar-refractivity contribution in [2.45, 2.75) is 18.8 Å². The highest BCUT2D eigenvalue weighted by Crippen LogP contribution is 2.34. The minimum absolute atomic E-state index is 0.0407. The molecule has 3 N–H and O–H groups in total. The zero-order valence-corrected chi connectivity index (χ0v) is 19.2. The molecule has 3 aromatic heterocycles. The van der Waals surface area contributed by atoms with Crippen LogP contribution in [0.5, 0.6) is 0 Å². The maximum absolute atomic E-state index is 14.2. The average molecular weight is 554 g/mol. The van der Waals surface area contributed by atoms with Gasteiger partial charge in [-0.2, -0.15) is 18.3 Å². The lowest BCUT2D eigenvalue weighted by molar-refractivity contribution is -0.142. The molecule has 0 saturated carbocycles. The molecule has 0 radical (unpaired) electrons. The number of amides is 1. The Morgan fingerprint density at radius 1 is 1.20 bits per heavy atom. The van der Waals surface area contributed by atoms with Crippen molar-refractivity contribution in [2.75, 3.05) is 16.0 Å². The molecular weight excluding hydrogens is 538 g/mol. The number of carboxylic acid groups (broad SMARTS) is 1. The van der Waals surface area contributed by atoms with Crippen molar-refractivity contribution in [3.05, 3.63) is 60.2 Å². The van der Waals surface area contributed by atoms with Crippen molar-refractivity contribution >= 4 is 44.6 Å². The van der Waals surface area contributed by atoms with Gasteiger partial charge in [0, 0.05) is 17.1 Å². The number of nitrogens with two attached hydrogens (primary N) is 1. The summed E-state index contributed by atoms with van der Waals surface area (Å²) in [5, 5.41) is 13.6. The number of fused-ring (bicyclic) bond motifs is 1. The van der Waals surface area contributed by atoms with Gasteiger partial charge in [0.15, 0.2) is 17.3 Å². The van der Waals surface area contributed by atoms with E-state index in [0.29, 0.717) is 16.6 Å². The molecule has 0 fully saturated rings. The van der Waals surface area contributed by atoms with Gasteiger partial charge in [0.25, 0.3) is 0 Å². The number of hydrogen-bond acceptors (Lipinski definition) is 6. The van der Waals surface area contributed by atoms with Crippen LogP contribution >= 0.6 is 15.9 Å². The van der Waals surface area contributed by atoms with Crippen molar-refractivity contribution in [2.24, 2.45) is 0 Å². The highest BCUT2D eigenvalue weighted by Gasteiger charge is 2.46. The third kappa shape index (κ3) is 4.73. The summed E-state index contributed by atoms with van der Waals surface area (Å²) in [6, 6.07) is 7.03. The molecule has 0 aliphatic rings. The lowest BCUT2D eigenvalue weighted by Gasteiger charge is -2.29. The van der Waals surface area contributed by atoms with Crippen LogP contribution in [0.25, 0.3) is 22.6 Å². The molecule has 35 heavy (non-hydrogen) atoms. The molecular formula is C21H16BrF4N7O2. The summed E-state index contributed by atoms with van der Waals surface area (Å²) in [4.78, 5) is 24.1. The predicted molar refractivity (Wildman–Crippen MR) is 123 cm³/mol. The second-order valence-corrected chi connectivity index (χ2v) is 7.95. The number of pyridine rings is 1. The third-order valence-corrected chi connectivity index (χ3v) is 5.71. The van der Waals surface area contributed by atoms with Gasteiger partial charge in [-0.3, -0.25) is 4.90 Å². The monoisotopic (exact) mass is 553 g/mol. The highest BCUT2D eigenvalue weighted by atomic mass is 79.9. The number of benzene rings is 1. The molecule has 1 atom stereocenters. The van der Waals surface area contributed by atoms with Gasteiger partial charge in [-0.25, -0.2) is 28.8 Å². The van der Waals surface area contributed by atoms with E-state index >= 15 is 0 Å². The van der Waals surface area contributed by atoms with E-state index in [1.807, 2.05) is 0 Å². The van der Waals surface area contributed by atoms with Gasteiger partial charge in [-0.1, -0.05) is 34.1 Å². The van der Waals surface area contributed by atoms with Crippen LogP contribution in [0.4, 0.5) is 33.9 Å². The maximum Gasteiger partial charge on any atom is 0.412 e. The van der Waals surface area contributed by atoms with Gasteiger partial charge in [0.1, 0.15) is 23.2 Å². The molecule has 0 aliphatic heterocycles. The van der Waals surface area contributed by atoms with Crippen LogP contribution < -0.4 is 10.6 Å². The fraction of sp³-hybridized carbons (Fsp3) is 0.190. The average Bonchev–Trinajstić information content (AvgIpc) is 3.17. The van der Waals surface area contributed by atoms with Crippen LogP contribution in [0.1, 0.15) is 5.56 Å². The van der Waals surface area contributed by atoms with Crippen LogP contribution in [0, 0.1) is 5.82 Å². The number of hydrogen-bond donors (Lipinski definition) is 2. The SMILES string of the molecule is Nc1nc(-c2nn(Cc3ccccc3F)c3ncccc23)ncc1N(C(=O)O)C(CBr)C(F)(F)F. The first-order valence-corrected chi connectivity index (χ1v) is 11.1. The molecule has 1 unspecified atom stereocenters. The van der Waals surface area contributed by atoms with E-state index < -0.39 is 41.0 Å². The lowest BCUT2D eigenvalue weighted by Crippen LogP contribution is -2.50. The molecule has 4 rings (SSSR count). The Labute approximate surface area is 203 Å². The molecule has 0 aliphatic carbocycles. The van der Waals surface area contributed by atoms with Crippen LogP contribution in [0.2, 0.25) is 0 Å². The molecule has 182 valence electrons. The number of carbonyl (C=O) groups is 1. The number of nitrogens with zero attached hydrogens (tertiary/aromatic N) is 6. The Balaban J connectivity index is 1.78. The van der Waals surface area contributed by atoms with Crippen LogP contribution in [-0.4, -0.2) is 53.5 Å². The largest absolute Gasteiger partial charge is 0.465 e. The van der Waals surface area contributed by atoms with Crippen molar-refractivity contribution in [1.82, 2.24) is 24.7 Å². The van der Waals surface area contributed by atoms with Gasteiger partial charge in [0.05, 0.1) is 18.1 Å². The Hall–Kier alpha value is -3.81. The minimum atomic E-state index is -4.87. The molecule has 3 heterocycles. The predicted octanol–water partition coefficient (Wildman–Crippen LogP) is 4.47. The molecule has 9 nitrogen and oxygen atoms in total. The summed E-state index contributed by atoms with van der Waals surface area (Å²) in [5.41, 5.74) is 6.30. The second kappa shape index (κ2) is 9.44. The standard InChI is InChI=1S/C21H16BrF4N7O2/c22-8-15(21(24,25)26)33(20(34)35)14-9-29-18(30-17(14)27)16-12-5-3-7-28-19(12)32(31-16)10-11-4-1-2-6-13(11)23/h1-7,9,15H,8,10H2,(H,34,35)(H2,27,29,30). The number of halogens is 5. The Morgan fingerprint density at radius 3 is 2.57 bits per heavy atom. The fourth-order valence-corrected chi connectivity index (χ4v) is 4.12. The molecule has 1 amide bonds. The van der Waals surface area contributed by atoms with Gasteiger partial charge >= 0.3 is 12.3 Å². The van der Waals surface area contributed by atoms with Gasteiger partial charge in [-0.15, -0.1) is 0 Å². The smallest absolute Gasteiger partial charge is 0.412 e. The maximum atomic E-state index is 14.2. The van der Waals surface area contributed by atoms with Crippen molar-refractivity contribution in [3.63, 3.8) is 0 Å². The van der Waals surface area contributed by atoms with Crippen LogP contribution in [0.3, 0.4) is 0 Å². The summed E-state index contributed by atoms with van der Waals surface area (Å²) in [6.07, 6.45) is -4.34. The molecule has 0 bridgehead atoms. The van der Waals surface area contributed by atoms with E-state index in [1.165, 1.54) is 16.9 Å². The van der Waals surface area contributed by atoms with Crippen LogP contribution in [0.15, 0.2) is 48.8 Å².